The number of benzene rings is 1. The van der Waals surface area contributed by atoms with Crippen molar-refractivity contribution in [2.75, 3.05) is 12.8 Å². The van der Waals surface area contributed by atoms with Gasteiger partial charge in [-0.15, -0.1) is 0 Å². The molecule has 0 unspecified atom stereocenters. The molecule has 0 radical (unpaired) electrons. The second-order valence-electron chi connectivity index (χ2n) is 4.61. The molecule has 0 heterocycles. The quantitative estimate of drug-likeness (QED) is 0.811. The van der Waals surface area contributed by atoms with Gasteiger partial charge in [-0.25, -0.2) is 13.1 Å². The number of methoxy groups -OCH3 is 1. The lowest BCUT2D eigenvalue weighted by Gasteiger charge is -2.26. The van der Waals surface area contributed by atoms with E-state index in [1.165, 1.54) is 13.2 Å². The number of nitrogens with one attached hydrogen (secondary N) is 1. The van der Waals surface area contributed by atoms with Crippen LogP contribution in [0.15, 0.2) is 17.0 Å². The topological polar surface area (TPSA) is 81.4 Å². The molecule has 0 aromatic heterocycles. The van der Waals surface area contributed by atoms with Gasteiger partial charge < -0.3 is 10.5 Å². The minimum absolute atomic E-state index is 0.0437. The Morgan fingerprint density at radius 2 is 2.06 bits per heavy atom. The SMILES string of the molecule is COc1cc(C)c(N)cc1S(=O)(=O)NC1CCC1. The lowest BCUT2D eigenvalue weighted by atomic mass is 9.94. The molecule has 100 valence electrons. The molecule has 1 aliphatic carbocycles. The number of nitrogen functional groups attached to an aromatic ring is 1. The summed E-state index contributed by atoms with van der Waals surface area (Å²) in [6, 6.07) is 3.14. The van der Waals surface area contributed by atoms with Crippen molar-refractivity contribution in [1.82, 2.24) is 4.72 Å². The Morgan fingerprint density at radius 3 is 2.56 bits per heavy atom. The van der Waals surface area contributed by atoms with E-state index in [0.29, 0.717) is 11.4 Å². The number of hydrogen-bond donors (Lipinski definition) is 2. The van der Waals surface area contributed by atoms with Gasteiger partial charge in [0.1, 0.15) is 10.6 Å². The number of anilines is 1. The maximum atomic E-state index is 12.2. The molecule has 1 aromatic carbocycles. The number of hydrogen-bond acceptors (Lipinski definition) is 4. The molecule has 6 heteroatoms. The zero-order valence-corrected chi connectivity index (χ0v) is 11.4. The van der Waals surface area contributed by atoms with Crippen LogP contribution >= 0.6 is 0 Å². The summed E-state index contributed by atoms with van der Waals surface area (Å²) < 4.78 is 32.3. The first-order chi connectivity index (χ1) is 8.44. The van der Waals surface area contributed by atoms with Crippen molar-refractivity contribution in [3.8, 4) is 5.75 Å². The molecule has 1 aliphatic rings. The lowest BCUT2D eigenvalue weighted by molar-refractivity contribution is 0.379. The van der Waals surface area contributed by atoms with Gasteiger partial charge in [0.15, 0.2) is 0 Å². The molecule has 0 atom stereocenters. The van der Waals surface area contributed by atoms with Crippen molar-refractivity contribution in [1.29, 1.82) is 0 Å². The summed E-state index contributed by atoms with van der Waals surface area (Å²) in [7, 11) is -2.11. The van der Waals surface area contributed by atoms with Gasteiger partial charge in [0.25, 0.3) is 0 Å². The molecule has 0 aliphatic heterocycles. The normalized spacial score (nSPS) is 16.3. The maximum Gasteiger partial charge on any atom is 0.244 e. The highest BCUT2D eigenvalue weighted by Crippen LogP contribution is 2.30. The smallest absolute Gasteiger partial charge is 0.244 e. The average molecular weight is 270 g/mol. The molecule has 1 saturated carbocycles. The van der Waals surface area contributed by atoms with Gasteiger partial charge in [-0.05, 0) is 37.5 Å². The van der Waals surface area contributed by atoms with Crippen molar-refractivity contribution >= 4 is 15.7 Å². The van der Waals surface area contributed by atoms with Crippen LogP contribution in [-0.4, -0.2) is 21.6 Å². The van der Waals surface area contributed by atoms with E-state index in [-0.39, 0.29) is 10.9 Å². The van der Waals surface area contributed by atoms with Crippen LogP contribution < -0.4 is 15.2 Å². The van der Waals surface area contributed by atoms with Gasteiger partial charge in [0, 0.05) is 11.7 Å². The maximum absolute atomic E-state index is 12.2. The van der Waals surface area contributed by atoms with Crippen LogP contribution in [0.4, 0.5) is 5.69 Å². The van der Waals surface area contributed by atoms with Crippen molar-refractivity contribution in [2.45, 2.75) is 37.1 Å². The van der Waals surface area contributed by atoms with Gasteiger partial charge in [0.2, 0.25) is 10.0 Å². The molecule has 0 bridgehead atoms. The first-order valence-corrected chi connectivity index (χ1v) is 7.39. The van der Waals surface area contributed by atoms with Crippen molar-refractivity contribution in [2.24, 2.45) is 0 Å². The van der Waals surface area contributed by atoms with Crippen molar-refractivity contribution in [3.63, 3.8) is 0 Å². The van der Waals surface area contributed by atoms with Crippen molar-refractivity contribution < 1.29 is 13.2 Å². The number of aryl methyl sites for hydroxylation is 1. The molecule has 5 nitrogen and oxygen atoms in total. The number of ether oxygens (including phenoxy) is 1. The van der Waals surface area contributed by atoms with Gasteiger partial charge in [-0.2, -0.15) is 0 Å². The number of nitrogens with two attached hydrogens (primary N) is 1. The summed E-state index contributed by atoms with van der Waals surface area (Å²) in [5.41, 5.74) is 7.02. The second kappa shape index (κ2) is 4.78. The minimum atomic E-state index is -3.56. The van der Waals surface area contributed by atoms with Crippen LogP contribution in [0.2, 0.25) is 0 Å². The summed E-state index contributed by atoms with van der Waals surface area (Å²) in [4.78, 5) is 0.111. The highest BCUT2D eigenvalue weighted by molar-refractivity contribution is 7.89. The number of sulfonamides is 1. The molecule has 0 spiro atoms. The molecule has 0 amide bonds. The van der Waals surface area contributed by atoms with E-state index in [9.17, 15) is 8.42 Å². The summed E-state index contributed by atoms with van der Waals surface area (Å²) in [6.45, 7) is 1.81. The number of rotatable bonds is 4. The second-order valence-corrected chi connectivity index (χ2v) is 6.29. The van der Waals surface area contributed by atoms with Gasteiger partial charge in [-0.3, -0.25) is 0 Å². The average Bonchev–Trinajstić information content (AvgIpc) is 2.27. The lowest BCUT2D eigenvalue weighted by Crippen LogP contribution is -2.39. The fraction of sp³-hybridized carbons (Fsp3) is 0.500. The van der Waals surface area contributed by atoms with E-state index in [1.807, 2.05) is 6.92 Å². The standard InChI is InChI=1S/C12H18N2O3S/c1-8-6-11(17-2)12(7-10(8)13)18(15,16)14-9-4-3-5-9/h6-7,9,14H,3-5,13H2,1-2H3. The highest BCUT2D eigenvalue weighted by atomic mass is 32.2. The van der Waals surface area contributed by atoms with Crippen LogP contribution in [0.5, 0.6) is 5.75 Å². The monoisotopic (exact) mass is 270 g/mol. The first-order valence-electron chi connectivity index (χ1n) is 5.90. The summed E-state index contributed by atoms with van der Waals surface area (Å²) >= 11 is 0. The molecule has 0 saturated heterocycles. The first kappa shape index (κ1) is 13.2. The Kier molecular flexibility index (Phi) is 3.49. The largest absolute Gasteiger partial charge is 0.495 e. The Balaban J connectivity index is 2.38. The molecule has 3 N–H and O–H groups in total. The van der Waals surface area contributed by atoms with Gasteiger partial charge in [0.05, 0.1) is 7.11 Å². The third-order valence-corrected chi connectivity index (χ3v) is 4.81. The molecule has 18 heavy (non-hydrogen) atoms. The third kappa shape index (κ3) is 2.44. The van der Waals surface area contributed by atoms with Gasteiger partial charge >= 0.3 is 0 Å². The van der Waals surface area contributed by atoms with Crippen LogP contribution in [0.25, 0.3) is 0 Å². The van der Waals surface area contributed by atoms with E-state index >= 15 is 0 Å². The highest BCUT2D eigenvalue weighted by Gasteiger charge is 2.27. The van der Waals surface area contributed by atoms with E-state index < -0.39 is 10.0 Å². The van der Waals surface area contributed by atoms with Crippen LogP contribution in [0.1, 0.15) is 24.8 Å². The zero-order valence-electron chi connectivity index (χ0n) is 10.6. The van der Waals surface area contributed by atoms with Crippen LogP contribution in [0.3, 0.4) is 0 Å². The molecule has 2 rings (SSSR count). The predicted octanol–water partition coefficient (Wildman–Crippen LogP) is 1.42. The molecular weight excluding hydrogens is 252 g/mol. The molecule has 1 aromatic rings. The molecule has 1 fully saturated rings. The Bertz CT molecular complexity index is 551. The van der Waals surface area contributed by atoms with Crippen LogP contribution in [-0.2, 0) is 10.0 Å². The van der Waals surface area contributed by atoms with E-state index in [2.05, 4.69) is 4.72 Å². The zero-order chi connectivity index (χ0) is 13.3. The predicted molar refractivity (Wildman–Crippen MR) is 70.1 cm³/mol. The van der Waals surface area contributed by atoms with Crippen LogP contribution in [0, 0.1) is 6.92 Å². The van der Waals surface area contributed by atoms with Gasteiger partial charge in [-0.1, -0.05) is 6.42 Å². The fourth-order valence-corrected chi connectivity index (χ4v) is 3.35. The summed E-state index contributed by atoms with van der Waals surface area (Å²) in [5.74, 6) is 0.327. The van der Waals surface area contributed by atoms with E-state index in [0.717, 1.165) is 24.8 Å². The summed E-state index contributed by atoms with van der Waals surface area (Å²) in [5, 5.41) is 0. The summed E-state index contributed by atoms with van der Waals surface area (Å²) in [6.07, 6.45) is 2.85. The fourth-order valence-electron chi connectivity index (χ4n) is 1.86. The Hall–Kier alpha value is -1.27. The van der Waals surface area contributed by atoms with Crippen molar-refractivity contribution in [3.05, 3.63) is 17.7 Å². The minimum Gasteiger partial charge on any atom is -0.495 e. The third-order valence-electron chi connectivity index (χ3n) is 3.27. The Labute approximate surface area is 107 Å². The van der Waals surface area contributed by atoms with E-state index in [4.69, 9.17) is 10.5 Å². The molecular formula is C12H18N2O3S. The Morgan fingerprint density at radius 1 is 1.39 bits per heavy atom. The van der Waals surface area contributed by atoms with E-state index in [1.54, 1.807) is 6.07 Å².